The summed E-state index contributed by atoms with van der Waals surface area (Å²) in [5, 5.41) is 3.06. The van der Waals surface area contributed by atoms with Crippen LogP contribution in [0.5, 0.6) is 0 Å². The van der Waals surface area contributed by atoms with E-state index in [0.717, 1.165) is 40.6 Å². The Balaban J connectivity index is 1.69. The monoisotopic (exact) mass is 336 g/mol. The Bertz CT molecular complexity index is 817. The van der Waals surface area contributed by atoms with Crippen LogP contribution in [0.25, 0.3) is 5.57 Å². The van der Waals surface area contributed by atoms with Gasteiger partial charge in [0, 0.05) is 47.5 Å². The fourth-order valence-electron chi connectivity index (χ4n) is 3.11. The van der Waals surface area contributed by atoms with Crippen LogP contribution in [0, 0.1) is 0 Å². The number of rotatable bonds is 2. The van der Waals surface area contributed by atoms with Crippen molar-refractivity contribution in [2.24, 2.45) is 0 Å². The lowest BCUT2D eigenvalue weighted by molar-refractivity contribution is -0.739. The van der Waals surface area contributed by atoms with Gasteiger partial charge < -0.3 is 0 Å². The number of para-hydroxylation sites is 1. The predicted octanol–water partition coefficient (Wildman–Crippen LogP) is 4.46. The Labute approximate surface area is 145 Å². The highest BCUT2D eigenvalue weighted by Crippen LogP contribution is 2.41. The number of quaternary nitrogens is 1. The highest BCUT2D eigenvalue weighted by molar-refractivity contribution is 7.99. The zero-order valence-electron chi connectivity index (χ0n) is 13.2. The molecular weight excluding hydrogens is 318 g/mol. The summed E-state index contributed by atoms with van der Waals surface area (Å²) in [7, 11) is 0. The van der Waals surface area contributed by atoms with E-state index in [0.29, 0.717) is 0 Å². The standard InChI is InChI=1S/C19H17N3OS/c23-19(21-17-6-2-1-3-7-17)22-13-16(15-5-4-9-20-12-15)11-18(22)8-10-24-14-22/h1-7,9,11-13H,8,10,14H2/p+1. The van der Waals surface area contributed by atoms with Crippen molar-refractivity contribution in [3.8, 4) is 0 Å². The number of aromatic nitrogens is 1. The van der Waals surface area contributed by atoms with Crippen LogP contribution in [0.1, 0.15) is 12.0 Å². The van der Waals surface area contributed by atoms with E-state index in [1.54, 1.807) is 6.20 Å². The number of hydrogen-bond donors (Lipinski definition) is 1. The minimum Gasteiger partial charge on any atom is -0.275 e. The minimum absolute atomic E-state index is 0.00135. The number of hydrogen-bond acceptors (Lipinski definition) is 3. The molecule has 4 nitrogen and oxygen atoms in total. The lowest BCUT2D eigenvalue weighted by Crippen LogP contribution is -2.50. The second-order valence-electron chi connectivity index (χ2n) is 5.91. The topological polar surface area (TPSA) is 42.0 Å². The summed E-state index contributed by atoms with van der Waals surface area (Å²) >= 11 is 1.82. The molecule has 2 aromatic rings. The average molecular weight is 336 g/mol. The molecule has 2 aliphatic heterocycles. The number of thioether (sulfide) groups is 1. The summed E-state index contributed by atoms with van der Waals surface area (Å²) in [6, 6.07) is 13.6. The van der Waals surface area contributed by atoms with Crippen molar-refractivity contribution in [2.45, 2.75) is 6.42 Å². The number of nitrogens with zero attached hydrogens (tertiary/aromatic N) is 2. The van der Waals surface area contributed by atoms with Crippen LogP contribution in [0.3, 0.4) is 0 Å². The van der Waals surface area contributed by atoms with Gasteiger partial charge in [-0.05, 0) is 18.2 Å². The van der Waals surface area contributed by atoms with Gasteiger partial charge in [-0.25, -0.2) is 4.79 Å². The lowest BCUT2D eigenvalue weighted by atomic mass is 10.1. The molecule has 1 aromatic carbocycles. The number of carbonyl (C=O) groups excluding carboxylic acids is 1. The summed E-state index contributed by atoms with van der Waals surface area (Å²) in [6.07, 6.45) is 8.76. The molecule has 2 aliphatic rings. The smallest absolute Gasteiger partial charge is 0.275 e. The molecule has 4 rings (SSSR count). The van der Waals surface area contributed by atoms with Crippen molar-refractivity contribution in [3.63, 3.8) is 0 Å². The third kappa shape index (κ3) is 2.66. The van der Waals surface area contributed by atoms with Crippen molar-refractivity contribution < 1.29 is 9.28 Å². The third-order valence-corrected chi connectivity index (χ3v) is 5.46. The number of pyridine rings is 1. The Kier molecular flexibility index (Phi) is 3.96. The van der Waals surface area contributed by atoms with Gasteiger partial charge >= 0.3 is 6.03 Å². The minimum atomic E-state index is -0.00135. The average Bonchev–Trinajstić information content (AvgIpc) is 3.04. The van der Waals surface area contributed by atoms with E-state index in [1.807, 2.05) is 60.4 Å². The molecule has 0 aliphatic carbocycles. The number of benzene rings is 1. The van der Waals surface area contributed by atoms with E-state index in [-0.39, 0.29) is 10.5 Å². The maximum atomic E-state index is 13.1. The van der Waals surface area contributed by atoms with E-state index >= 15 is 0 Å². The SMILES string of the molecule is O=C(Nc1ccccc1)[N+]12C=C(c3cccnc3)C=C1CCSC2. The van der Waals surface area contributed by atoms with E-state index in [9.17, 15) is 4.79 Å². The molecule has 0 bridgehead atoms. The van der Waals surface area contributed by atoms with Gasteiger partial charge in [-0.1, -0.05) is 24.3 Å². The van der Waals surface area contributed by atoms with Gasteiger partial charge in [-0.15, -0.1) is 11.8 Å². The number of nitrogens with one attached hydrogen (secondary N) is 1. The van der Waals surface area contributed by atoms with Gasteiger partial charge in [0.15, 0.2) is 0 Å². The molecule has 0 radical (unpaired) electrons. The summed E-state index contributed by atoms with van der Waals surface area (Å²) in [4.78, 5) is 17.3. The van der Waals surface area contributed by atoms with Crippen molar-refractivity contribution in [1.29, 1.82) is 0 Å². The zero-order chi connectivity index (χ0) is 16.4. The molecule has 5 heteroatoms. The molecule has 1 unspecified atom stereocenters. The fraction of sp³-hybridized carbons (Fsp3) is 0.158. The second-order valence-corrected chi connectivity index (χ2v) is 6.99. The van der Waals surface area contributed by atoms with Crippen LogP contribution >= 0.6 is 11.8 Å². The summed E-state index contributed by atoms with van der Waals surface area (Å²) in [5.74, 6) is 1.78. The molecule has 1 N–H and O–H groups in total. The van der Waals surface area contributed by atoms with E-state index in [4.69, 9.17) is 0 Å². The van der Waals surface area contributed by atoms with Crippen LogP contribution in [-0.2, 0) is 0 Å². The largest absolute Gasteiger partial charge is 0.431 e. The molecule has 0 spiro atoms. The Morgan fingerprint density at radius 1 is 1.17 bits per heavy atom. The van der Waals surface area contributed by atoms with Crippen molar-refractivity contribution in [2.75, 3.05) is 16.9 Å². The van der Waals surface area contributed by atoms with Crippen molar-refractivity contribution in [1.82, 2.24) is 4.98 Å². The van der Waals surface area contributed by atoms with Gasteiger partial charge in [-0.3, -0.25) is 10.3 Å². The maximum absolute atomic E-state index is 13.1. The number of anilines is 1. The maximum Gasteiger partial charge on any atom is 0.431 e. The molecule has 120 valence electrons. The van der Waals surface area contributed by atoms with Crippen LogP contribution in [0.2, 0.25) is 0 Å². The Hall–Kier alpha value is -2.37. The van der Waals surface area contributed by atoms with Gasteiger partial charge in [0.1, 0.15) is 17.8 Å². The molecule has 0 saturated carbocycles. The van der Waals surface area contributed by atoms with E-state index in [2.05, 4.69) is 22.6 Å². The molecule has 1 atom stereocenters. The third-order valence-electron chi connectivity index (χ3n) is 4.37. The molecular formula is C19H18N3OS+. The first-order valence-corrected chi connectivity index (χ1v) is 9.10. The van der Waals surface area contributed by atoms with Gasteiger partial charge in [0.05, 0.1) is 0 Å². The number of urea groups is 1. The van der Waals surface area contributed by atoms with Crippen LogP contribution < -0.4 is 5.32 Å². The summed E-state index contributed by atoms with van der Waals surface area (Å²) in [5.41, 5.74) is 4.10. The molecule has 1 fully saturated rings. The quantitative estimate of drug-likeness (QED) is 0.823. The van der Waals surface area contributed by atoms with Gasteiger partial charge in [0.2, 0.25) is 0 Å². The van der Waals surface area contributed by atoms with Crippen LogP contribution in [0.15, 0.2) is 72.8 Å². The normalized spacial score (nSPS) is 22.3. The van der Waals surface area contributed by atoms with E-state index in [1.165, 1.54) is 0 Å². The summed E-state index contributed by atoms with van der Waals surface area (Å²) < 4.78 is 0.254. The highest BCUT2D eigenvalue weighted by atomic mass is 32.2. The number of allylic oxidation sites excluding steroid dienone is 3. The Morgan fingerprint density at radius 2 is 2.04 bits per heavy atom. The zero-order valence-corrected chi connectivity index (χ0v) is 14.0. The Morgan fingerprint density at radius 3 is 2.83 bits per heavy atom. The first kappa shape index (κ1) is 15.2. The molecule has 2 amide bonds. The number of carbonyl (C=O) groups is 1. The first-order chi connectivity index (χ1) is 11.8. The first-order valence-electron chi connectivity index (χ1n) is 7.94. The second kappa shape index (κ2) is 6.26. The fourth-order valence-corrected chi connectivity index (χ4v) is 4.24. The van der Waals surface area contributed by atoms with Crippen LogP contribution in [0.4, 0.5) is 10.5 Å². The van der Waals surface area contributed by atoms with Gasteiger partial charge in [-0.2, -0.15) is 4.48 Å². The number of fused-ring (bicyclic) bond motifs is 1. The molecule has 1 aromatic heterocycles. The van der Waals surface area contributed by atoms with Crippen LogP contribution in [-0.4, -0.2) is 27.1 Å². The highest BCUT2D eigenvalue weighted by Gasteiger charge is 2.46. The van der Waals surface area contributed by atoms with Crippen molar-refractivity contribution in [3.05, 3.63) is 78.4 Å². The molecule has 3 heterocycles. The number of amides is 2. The predicted molar refractivity (Wildman–Crippen MR) is 98.0 cm³/mol. The van der Waals surface area contributed by atoms with Gasteiger partial charge in [0.25, 0.3) is 0 Å². The van der Waals surface area contributed by atoms with E-state index < -0.39 is 0 Å². The summed E-state index contributed by atoms with van der Waals surface area (Å²) in [6.45, 7) is 0. The lowest BCUT2D eigenvalue weighted by Gasteiger charge is -2.33. The molecule has 1 saturated heterocycles. The molecule has 24 heavy (non-hydrogen) atoms. The van der Waals surface area contributed by atoms with Crippen molar-refractivity contribution >= 4 is 29.1 Å².